The molecule has 6 heteroatoms. The van der Waals surface area contributed by atoms with Crippen LogP contribution in [0.15, 0.2) is 24.3 Å². The first kappa shape index (κ1) is 18.6. The average Bonchev–Trinajstić information content (AvgIpc) is 2.94. The summed E-state index contributed by atoms with van der Waals surface area (Å²) in [5.41, 5.74) is 6.96. The summed E-state index contributed by atoms with van der Waals surface area (Å²) >= 11 is 0. The third-order valence-corrected chi connectivity index (χ3v) is 3.98. The van der Waals surface area contributed by atoms with Gasteiger partial charge in [-0.15, -0.1) is 12.4 Å². The highest BCUT2D eigenvalue weighted by Crippen LogP contribution is 2.30. The summed E-state index contributed by atoms with van der Waals surface area (Å²) in [5.74, 6) is 0.956. The number of ether oxygens (including phenoxy) is 1. The van der Waals surface area contributed by atoms with Gasteiger partial charge in [0.05, 0.1) is 18.8 Å². The first-order chi connectivity index (χ1) is 10.0. The standard InChI is InChI=1S/C16H25N3O2.ClH/c1-11(2)15(17)16(20)18-12-8-9-19(10-12)13-6-4-5-7-14(13)21-3;/h4-7,11-12,15H,8-10,17H2,1-3H3,(H,18,20);1H/t12?,15-;/m0./s1. The lowest BCUT2D eigenvalue weighted by Gasteiger charge is -2.22. The van der Waals surface area contributed by atoms with Crippen molar-refractivity contribution in [3.63, 3.8) is 0 Å². The number of nitrogens with two attached hydrogens (primary N) is 1. The number of para-hydroxylation sites is 2. The lowest BCUT2D eigenvalue weighted by atomic mass is 10.0. The normalized spacial score (nSPS) is 18.8. The Hall–Kier alpha value is -1.46. The number of benzene rings is 1. The van der Waals surface area contributed by atoms with Crippen LogP contribution in [0.5, 0.6) is 5.75 Å². The van der Waals surface area contributed by atoms with Gasteiger partial charge in [-0.3, -0.25) is 4.79 Å². The summed E-state index contributed by atoms with van der Waals surface area (Å²) in [6, 6.07) is 7.66. The van der Waals surface area contributed by atoms with E-state index in [2.05, 4.69) is 10.2 Å². The molecule has 22 heavy (non-hydrogen) atoms. The van der Waals surface area contributed by atoms with Gasteiger partial charge in [0.2, 0.25) is 5.91 Å². The minimum absolute atomic E-state index is 0. The number of anilines is 1. The number of halogens is 1. The first-order valence-corrected chi connectivity index (χ1v) is 7.47. The fourth-order valence-electron chi connectivity index (χ4n) is 2.59. The molecule has 0 saturated carbocycles. The van der Waals surface area contributed by atoms with Crippen LogP contribution in [-0.2, 0) is 4.79 Å². The molecular weight excluding hydrogens is 302 g/mol. The van der Waals surface area contributed by atoms with Crippen LogP contribution in [-0.4, -0.2) is 38.2 Å². The third kappa shape index (κ3) is 4.27. The number of amides is 1. The van der Waals surface area contributed by atoms with E-state index < -0.39 is 6.04 Å². The van der Waals surface area contributed by atoms with Gasteiger partial charge in [-0.1, -0.05) is 26.0 Å². The predicted molar refractivity (Wildman–Crippen MR) is 91.8 cm³/mol. The highest BCUT2D eigenvalue weighted by atomic mass is 35.5. The van der Waals surface area contributed by atoms with Crippen LogP contribution in [0.25, 0.3) is 0 Å². The molecule has 1 unspecified atom stereocenters. The van der Waals surface area contributed by atoms with Crippen LogP contribution in [0.4, 0.5) is 5.69 Å². The second-order valence-corrected chi connectivity index (χ2v) is 5.88. The molecule has 1 aromatic carbocycles. The monoisotopic (exact) mass is 327 g/mol. The van der Waals surface area contributed by atoms with Crippen molar-refractivity contribution in [3.05, 3.63) is 24.3 Å². The summed E-state index contributed by atoms with van der Waals surface area (Å²) in [6.07, 6.45) is 0.925. The number of hydrogen-bond acceptors (Lipinski definition) is 4. The van der Waals surface area contributed by atoms with Crippen molar-refractivity contribution in [3.8, 4) is 5.75 Å². The van der Waals surface area contributed by atoms with Crippen molar-refractivity contribution in [1.29, 1.82) is 0 Å². The van der Waals surface area contributed by atoms with Crippen molar-refractivity contribution in [2.24, 2.45) is 11.7 Å². The fourth-order valence-corrected chi connectivity index (χ4v) is 2.59. The summed E-state index contributed by atoms with van der Waals surface area (Å²) in [4.78, 5) is 14.3. The first-order valence-electron chi connectivity index (χ1n) is 7.47. The maximum Gasteiger partial charge on any atom is 0.237 e. The van der Waals surface area contributed by atoms with Crippen molar-refractivity contribution >= 4 is 24.0 Å². The number of carbonyl (C=O) groups excluding carboxylic acids is 1. The van der Waals surface area contributed by atoms with Crippen molar-refractivity contribution < 1.29 is 9.53 Å². The van der Waals surface area contributed by atoms with Gasteiger partial charge in [-0.05, 0) is 24.5 Å². The van der Waals surface area contributed by atoms with Gasteiger partial charge in [-0.25, -0.2) is 0 Å². The SMILES string of the molecule is COc1ccccc1N1CCC(NC(=O)[C@@H](N)C(C)C)C1.Cl. The molecule has 1 fully saturated rings. The molecule has 2 atom stereocenters. The number of hydrogen-bond donors (Lipinski definition) is 2. The molecule has 0 aromatic heterocycles. The zero-order valence-electron chi connectivity index (χ0n) is 13.4. The molecule has 1 heterocycles. The fraction of sp³-hybridized carbons (Fsp3) is 0.562. The van der Waals surface area contributed by atoms with Gasteiger partial charge in [0, 0.05) is 19.1 Å². The Morgan fingerprint density at radius 1 is 1.41 bits per heavy atom. The van der Waals surface area contributed by atoms with E-state index in [1.807, 2.05) is 38.1 Å². The van der Waals surface area contributed by atoms with E-state index in [0.717, 1.165) is 30.9 Å². The van der Waals surface area contributed by atoms with E-state index in [0.29, 0.717) is 0 Å². The third-order valence-electron chi connectivity index (χ3n) is 3.98. The number of nitrogens with one attached hydrogen (secondary N) is 1. The van der Waals surface area contributed by atoms with Crippen molar-refractivity contribution in [2.75, 3.05) is 25.1 Å². The molecule has 1 aromatic rings. The van der Waals surface area contributed by atoms with E-state index >= 15 is 0 Å². The summed E-state index contributed by atoms with van der Waals surface area (Å²) < 4.78 is 5.39. The number of rotatable bonds is 5. The minimum atomic E-state index is -0.440. The molecule has 5 nitrogen and oxygen atoms in total. The zero-order chi connectivity index (χ0) is 15.4. The van der Waals surface area contributed by atoms with E-state index in [-0.39, 0.29) is 30.3 Å². The van der Waals surface area contributed by atoms with Crippen LogP contribution < -0.4 is 20.7 Å². The number of carbonyl (C=O) groups is 1. The van der Waals surface area contributed by atoms with Crippen LogP contribution in [0.3, 0.4) is 0 Å². The Bertz CT molecular complexity index is 496. The van der Waals surface area contributed by atoms with Crippen molar-refractivity contribution in [1.82, 2.24) is 5.32 Å². The van der Waals surface area contributed by atoms with Crippen LogP contribution in [0, 0.1) is 5.92 Å². The van der Waals surface area contributed by atoms with E-state index in [1.165, 1.54) is 0 Å². The van der Waals surface area contributed by atoms with Crippen LogP contribution >= 0.6 is 12.4 Å². The Kier molecular flexibility index (Phi) is 6.97. The molecule has 3 N–H and O–H groups in total. The van der Waals surface area contributed by atoms with Gasteiger partial charge in [-0.2, -0.15) is 0 Å². The molecule has 1 aliphatic heterocycles. The molecular formula is C16H26ClN3O2. The molecule has 1 aliphatic rings. The van der Waals surface area contributed by atoms with Gasteiger partial charge < -0.3 is 20.7 Å². The van der Waals surface area contributed by atoms with E-state index in [4.69, 9.17) is 10.5 Å². The number of nitrogens with zero attached hydrogens (tertiary/aromatic N) is 1. The zero-order valence-corrected chi connectivity index (χ0v) is 14.2. The molecule has 2 rings (SSSR count). The average molecular weight is 328 g/mol. The quantitative estimate of drug-likeness (QED) is 0.865. The van der Waals surface area contributed by atoms with E-state index in [1.54, 1.807) is 7.11 Å². The Labute approximate surface area is 138 Å². The lowest BCUT2D eigenvalue weighted by Crippen LogP contribution is -2.48. The predicted octanol–water partition coefficient (Wildman–Crippen LogP) is 1.80. The van der Waals surface area contributed by atoms with Crippen LogP contribution in [0.1, 0.15) is 20.3 Å². The second-order valence-electron chi connectivity index (χ2n) is 5.88. The highest BCUT2D eigenvalue weighted by molar-refractivity contribution is 5.85. The Morgan fingerprint density at radius 2 is 2.09 bits per heavy atom. The molecule has 1 saturated heterocycles. The minimum Gasteiger partial charge on any atom is -0.495 e. The molecule has 0 aliphatic carbocycles. The summed E-state index contributed by atoms with van der Waals surface area (Å²) in [6.45, 7) is 5.61. The van der Waals surface area contributed by atoms with Gasteiger partial charge >= 0.3 is 0 Å². The smallest absolute Gasteiger partial charge is 0.237 e. The lowest BCUT2D eigenvalue weighted by molar-refractivity contribution is -0.123. The van der Waals surface area contributed by atoms with Crippen LogP contribution in [0.2, 0.25) is 0 Å². The van der Waals surface area contributed by atoms with Gasteiger partial charge in [0.1, 0.15) is 5.75 Å². The maximum absolute atomic E-state index is 12.0. The largest absolute Gasteiger partial charge is 0.495 e. The van der Waals surface area contributed by atoms with Gasteiger partial charge in [0.15, 0.2) is 0 Å². The molecule has 0 spiro atoms. The van der Waals surface area contributed by atoms with Crippen molar-refractivity contribution in [2.45, 2.75) is 32.4 Å². The highest BCUT2D eigenvalue weighted by Gasteiger charge is 2.27. The van der Waals surface area contributed by atoms with Gasteiger partial charge in [0.25, 0.3) is 0 Å². The maximum atomic E-state index is 12.0. The Morgan fingerprint density at radius 3 is 2.73 bits per heavy atom. The number of methoxy groups -OCH3 is 1. The summed E-state index contributed by atoms with van der Waals surface area (Å²) in [5, 5.41) is 3.05. The van der Waals surface area contributed by atoms with E-state index in [9.17, 15) is 4.79 Å². The second kappa shape index (κ2) is 8.25. The molecule has 1 amide bonds. The molecule has 0 radical (unpaired) electrons. The molecule has 0 bridgehead atoms. The summed E-state index contributed by atoms with van der Waals surface area (Å²) in [7, 11) is 1.68. The Balaban J connectivity index is 0.00000242. The molecule has 124 valence electrons. The topological polar surface area (TPSA) is 67.6 Å².